The second-order valence-electron chi connectivity index (χ2n) is 7.44. The molecule has 1 aromatic carbocycles. The summed E-state index contributed by atoms with van der Waals surface area (Å²) in [5.41, 5.74) is -0.0233. The molecule has 1 aromatic heterocycles. The molecule has 4 rings (SSSR count). The van der Waals surface area contributed by atoms with Gasteiger partial charge in [-0.1, -0.05) is 12.1 Å². The van der Waals surface area contributed by atoms with Crippen molar-refractivity contribution in [3.05, 3.63) is 47.3 Å². The van der Waals surface area contributed by atoms with Crippen LogP contribution >= 0.6 is 0 Å². The van der Waals surface area contributed by atoms with E-state index in [0.717, 1.165) is 29.8 Å². The zero-order valence-corrected chi connectivity index (χ0v) is 14.9. The third kappa shape index (κ3) is 4.16. The van der Waals surface area contributed by atoms with Gasteiger partial charge in [0, 0.05) is 30.9 Å². The van der Waals surface area contributed by atoms with E-state index in [1.54, 1.807) is 12.1 Å². The molecule has 2 aliphatic rings. The predicted octanol–water partition coefficient (Wildman–Crippen LogP) is 3.55. The van der Waals surface area contributed by atoms with Gasteiger partial charge in [-0.25, -0.2) is 0 Å². The van der Waals surface area contributed by atoms with Gasteiger partial charge in [0.15, 0.2) is 5.69 Å². The molecule has 2 saturated carbocycles. The summed E-state index contributed by atoms with van der Waals surface area (Å²) in [6, 6.07) is 7.82. The Morgan fingerprint density at radius 3 is 2.59 bits per heavy atom. The summed E-state index contributed by atoms with van der Waals surface area (Å²) in [5, 5.41) is 9.45. The maximum Gasteiger partial charge on any atom is 0.435 e. The highest BCUT2D eigenvalue weighted by molar-refractivity contribution is 6.05. The fourth-order valence-electron chi connectivity index (χ4n) is 3.31. The van der Waals surface area contributed by atoms with Crippen molar-refractivity contribution in [2.24, 2.45) is 13.0 Å². The van der Waals surface area contributed by atoms with Crippen LogP contribution < -0.4 is 10.6 Å². The SMILES string of the molecule is Cn1cc(C(=O)Nc2ccc(C3CC3NCC3CC3)cc2)c(C(F)(F)F)n1. The molecule has 0 aliphatic heterocycles. The van der Waals surface area contributed by atoms with Gasteiger partial charge in [0.05, 0.1) is 5.56 Å². The predicted molar refractivity (Wildman–Crippen MR) is 94.5 cm³/mol. The second-order valence-corrected chi connectivity index (χ2v) is 7.44. The molecule has 2 aromatic rings. The Hall–Kier alpha value is -2.35. The lowest BCUT2D eigenvalue weighted by molar-refractivity contribution is -0.141. The number of hydrogen-bond donors (Lipinski definition) is 2. The van der Waals surface area contributed by atoms with Gasteiger partial charge in [0.2, 0.25) is 0 Å². The van der Waals surface area contributed by atoms with Gasteiger partial charge in [-0.05, 0) is 49.4 Å². The molecular formula is C19H21F3N4O. The molecule has 1 heterocycles. The van der Waals surface area contributed by atoms with Crippen LogP contribution in [0.25, 0.3) is 0 Å². The van der Waals surface area contributed by atoms with Crippen molar-refractivity contribution in [2.45, 2.75) is 37.4 Å². The minimum absolute atomic E-state index is 0.462. The van der Waals surface area contributed by atoms with Crippen molar-refractivity contribution in [3.8, 4) is 0 Å². The normalized spacial score (nSPS) is 21.9. The monoisotopic (exact) mass is 378 g/mol. The largest absolute Gasteiger partial charge is 0.435 e. The summed E-state index contributed by atoms with van der Waals surface area (Å²) in [7, 11) is 1.35. The van der Waals surface area contributed by atoms with Crippen LogP contribution in [-0.2, 0) is 13.2 Å². The first-order valence-corrected chi connectivity index (χ1v) is 9.07. The van der Waals surface area contributed by atoms with Crippen LogP contribution in [0, 0.1) is 5.92 Å². The van der Waals surface area contributed by atoms with Gasteiger partial charge >= 0.3 is 6.18 Å². The number of nitrogens with one attached hydrogen (secondary N) is 2. The Morgan fingerprint density at radius 1 is 1.26 bits per heavy atom. The van der Waals surface area contributed by atoms with E-state index < -0.39 is 23.3 Å². The van der Waals surface area contributed by atoms with E-state index in [-0.39, 0.29) is 0 Å². The molecule has 8 heteroatoms. The van der Waals surface area contributed by atoms with Gasteiger partial charge in [-0.15, -0.1) is 0 Å². The van der Waals surface area contributed by atoms with Crippen molar-refractivity contribution >= 4 is 11.6 Å². The van der Waals surface area contributed by atoms with Crippen molar-refractivity contribution in [2.75, 3.05) is 11.9 Å². The fourth-order valence-corrected chi connectivity index (χ4v) is 3.31. The summed E-state index contributed by atoms with van der Waals surface area (Å²) in [5.74, 6) is 0.500. The van der Waals surface area contributed by atoms with Crippen molar-refractivity contribution < 1.29 is 18.0 Å². The van der Waals surface area contributed by atoms with Crippen LogP contribution in [0.5, 0.6) is 0 Å². The number of halogens is 3. The van der Waals surface area contributed by atoms with Crippen LogP contribution in [0.15, 0.2) is 30.5 Å². The Morgan fingerprint density at radius 2 is 1.96 bits per heavy atom. The van der Waals surface area contributed by atoms with Crippen LogP contribution in [0.1, 0.15) is 46.8 Å². The Balaban J connectivity index is 1.38. The second kappa shape index (κ2) is 6.67. The lowest BCUT2D eigenvalue weighted by Gasteiger charge is -2.08. The first kappa shape index (κ1) is 18.0. The number of amides is 1. The quantitative estimate of drug-likeness (QED) is 0.808. The van der Waals surface area contributed by atoms with Crippen LogP contribution in [-0.4, -0.2) is 28.3 Å². The topological polar surface area (TPSA) is 59.0 Å². The summed E-state index contributed by atoms with van der Waals surface area (Å²) in [6.45, 7) is 1.09. The number of alkyl halides is 3. The molecule has 5 nitrogen and oxygen atoms in total. The molecule has 27 heavy (non-hydrogen) atoms. The first-order chi connectivity index (χ1) is 12.8. The summed E-state index contributed by atoms with van der Waals surface area (Å²) in [6.07, 6.45) is 0.152. The van der Waals surface area contributed by atoms with Crippen LogP contribution in [0.3, 0.4) is 0 Å². The van der Waals surface area contributed by atoms with Gasteiger partial charge in [-0.2, -0.15) is 18.3 Å². The van der Waals surface area contributed by atoms with E-state index in [2.05, 4.69) is 15.7 Å². The highest BCUT2D eigenvalue weighted by Gasteiger charge is 2.40. The van der Waals surface area contributed by atoms with E-state index in [4.69, 9.17) is 0 Å². The highest BCUT2D eigenvalue weighted by Crippen LogP contribution is 2.42. The van der Waals surface area contributed by atoms with E-state index in [0.29, 0.717) is 17.6 Å². The zero-order valence-electron chi connectivity index (χ0n) is 14.9. The summed E-state index contributed by atoms with van der Waals surface area (Å²) >= 11 is 0. The molecule has 0 spiro atoms. The molecule has 2 unspecified atom stereocenters. The Kier molecular flexibility index (Phi) is 4.46. The van der Waals surface area contributed by atoms with Gasteiger partial charge in [-0.3, -0.25) is 9.48 Å². The zero-order chi connectivity index (χ0) is 19.2. The molecule has 2 aliphatic carbocycles. The summed E-state index contributed by atoms with van der Waals surface area (Å²) < 4.78 is 40.0. The minimum atomic E-state index is -4.67. The minimum Gasteiger partial charge on any atom is -0.322 e. The molecule has 0 saturated heterocycles. The molecule has 0 bridgehead atoms. The van der Waals surface area contributed by atoms with Crippen molar-refractivity contribution in [1.82, 2.24) is 15.1 Å². The molecule has 2 fully saturated rings. The fraction of sp³-hybridized carbons (Fsp3) is 0.474. The number of rotatable bonds is 6. The molecule has 1 amide bonds. The number of aryl methyl sites for hydroxylation is 1. The Labute approximate surface area is 154 Å². The van der Waals surface area contributed by atoms with Crippen LogP contribution in [0.2, 0.25) is 0 Å². The third-order valence-corrected chi connectivity index (χ3v) is 5.09. The van der Waals surface area contributed by atoms with E-state index in [1.165, 1.54) is 25.5 Å². The molecule has 2 atom stereocenters. The van der Waals surface area contributed by atoms with Crippen molar-refractivity contribution in [1.29, 1.82) is 0 Å². The molecule has 144 valence electrons. The number of hydrogen-bond acceptors (Lipinski definition) is 3. The highest BCUT2D eigenvalue weighted by atomic mass is 19.4. The standard InChI is InChI=1S/C19H21F3N4O/c1-26-10-15(17(25-26)19(20,21)22)18(27)24-13-6-4-12(5-7-13)14-8-16(14)23-9-11-2-3-11/h4-7,10-11,14,16,23H,2-3,8-9H2,1H3,(H,24,27). The molecular weight excluding hydrogens is 357 g/mol. The van der Waals surface area contributed by atoms with Crippen molar-refractivity contribution in [3.63, 3.8) is 0 Å². The summed E-state index contributed by atoms with van der Waals surface area (Å²) in [4.78, 5) is 12.3. The number of nitrogens with zero attached hydrogens (tertiary/aromatic N) is 2. The first-order valence-electron chi connectivity index (χ1n) is 9.07. The van der Waals surface area contributed by atoms with Gasteiger partial charge < -0.3 is 10.6 Å². The smallest absolute Gasteiger partial charge is 0.322 e. The number of benzene rings is 1. The average Bonchev–Trinajstić information content (AvgIpc) is 3.51. The van der Waals surface area contributed by atoms with E-state index in [9.17, 15) is 18.0 Å². The number of carbonyl (C=O) groups excluding carboxylic acids is 1. The Bertz CT molecular complexity index is 840. The number of aromatic nitrogens is 2. The van der Waals surface area contributed by atoms with E-state index in [1.807, 2.05) is 12.1 Å². The van der Waals surface area contributed by atoms with Gasteiger partial charge in [0.1, 0.15) is 0 Å². The van der Waals surface area contributed by atoms with E-state index >= 15 is 0 Å². The number of anilines is 1. The van der Waals surface area contributed by atoms with Gasteiger partial charge in [0.25, 0.3) is 5.91 Å². The lowest BCUT2D eigenvalue weighted by Crippen LogP contribution is -2.20. The van der Waals surface area contributed by atoms with Crippen LogP contribution in [0.4, 0.5) is 18.9 Å². The third-order valence-electron chi connectivity index (χ3n) is 5.09. The number of carbonyl (C=O) groups is 1. The maximum absolute atomic E-state index is 13.0. The molecule has 0 radical (unpaired) electrons. The molecule has 2 N–H and O–H groups in total. The lowest BCUT2D eigenvalue weighted by atomic mass is 10.1. The maximum atomic E-state index is 13.0. The average molecular weight is 378 g/mol.